The number of amidine groups is 1. The number of hydrogen-bond donors (Lipinski definition) is 1. The Morgan fingerprint density at radius 2 is 2.18 bits per heavy atom. The topological polar surface area (TPSA) is 24.4 Å². The molecular weight excluding hydrogens is 276 g/mol. The van der Waals surface area contributed by atoms with Crippen LogP contribution in [0.5, 0.6) is 0 Å². The monoisotopic (exact) mass is 294 g/mol. The van der Waals surface area contributed by atoms with E-state index in [-0.39, 0.29) is 0 Å². The molecule has 0 amide bonds. The van der Waals surface area contributed by atoms with Gasteiger partial charge in [0.05, 0.1) is 5.84 Å². The van der Waals surface area contributed by atoms with Gasteiger partial charge in [-0.05, 0) is 37.5 Å². The minimum atomic E-state index is 0.323. The number of rotatable bonds is 2. The standard InChI is InChI=1S/C14H19BrN2/c1-11(12-6-5-7-13(15)10-12)17-14-8-3-2-4-9-16-14/h5-7,10-11H,2-4,8-9H2,1H3,(H,16,17)/t11-/m1/s1. The molecule has 2 rings (SSSR count). The number of halogens is 1. The van der Waals surface area contributed by atoms with Crippen molar-refractivity contribution in [3.05, 3.63) is 34.3 Å². The molecule has 0 unspecified atom stereocenters. The fraction of sp³-hybridized carbons (Fsp3) is 0.500. The molecule has 1 heterocycles. The van der Waals surface area contributed by atoms with Crippen LogP contribution in [0.15, 0.2) is 33.7 Å². The van der Waals surface area contributed by atoms with Gasteiger partial charge in [0.2, 0.25) is 0 Å². The molecule has 1 aromatic rings. The Morgan fingerprint density at radius 3 is 3.00 bits per heavy atom. The summed E-state index contributed by atoms with van der Waals surface area (Å²) in [4.78, 5) is 4.60. The van der Waals surface area contributed by atoms with Gasteiger partial charge in [-0.1, -0.05) is 34.5 Å². The molecule has 0 aliphatic carbocycles. The molecule has 1 aliphatic rings. The SMILES string of the molecule is C[C@@H](NC1=NCCCCC1)c1cccc(Br)c1. The van der Waals surface area contributed by atoms with Crippen LogP contribution in [0.3, 0.4) is 0 Å². The van der Waals surface area contributed by atoms with E-state index in [1.54, 1.807) is 0 Å². The minimum absolute atomic E-state index is 0.323. The van der Waals surface area contributed by atoms with Crippen LogP contribution in [0.2, 0.25) is 0 Å². The lowest BCUT2D eigenvalue weighted by atomic mass is 10.1. The Hall–Kier alpha value is -0.830. The van der Waals surface area contributed by atoms with Crippen LogP contribution in [0.1, 0.15) is 44.2 Å². The first-order chi connectivity index (χ1) is 8.25. The van der Waals surface area contributed by atoms with Crippen molar-refractivity contribution in [2.24, 2.45) is 4.99 Å². The number of benzene rings is 1. The largest absolute Gasteiger partial charge is 0.367 e. The van der Waals surface area contributed by atoms with Gasteiger partial charge in [-0.2, -0.15) is 0 Å². The second-order valence-corrected chi connectivity index (χ2v) is 5.48. The Balaban J connectivity index is 2.00. The Labute approximate surface area is 112 Å². The summed E-state index contributed by atoms with van der Waals surface area (Å²) in [5, 5.41) is 3.53. The molecule has 17 heavy (non-hydrogen) atoms. The summed E-state index contributed by atoms with van der Waals surface area (Å²) in [5.74, 6) is 1.18. The highest BCUT2D eigenvalue weighted by molar-refractivity contribution is 9.10. The molecule has 0 saturated heterocycles. The molecule has 1 N–H and O–H groups in total. The predicted octanol–water partition coefficient (Wildman–Crippen LogP) is 4.07. The molecule has 1 aliphatic heterocycles. The van der Waals surface area contributed by atoms with Crippen LogP contribution in [-0.4, -0.2) is 12.4 Å². The second-order valence-electron chi connectivity index (χ2n) is 4.56. The molecule has 0 spiro atoms. The van der Waals surface area contributed by atoms with E-state index in [0.29, 0.717) is 6.04 Å². The molecule has 0 fully saturated rings. The molecule has 0 saturated carbocycles. The van der Waals surface area contributed by atoms with Gasteiger partial charge in [0.15, 0.2) is 0 Å². The highest BCUT2D eigenvalue weighted by Gasteiger charge is 2.09. The van der Waals surface area contributed by atoms with Crippen LogP contribution >= 0.6 is 15.9 Å². The molecule has 0 bridgehead atoms. The van der Waals surface area contributed by atoms with Crippen molar-refractivity contribution < 1.29 is 0 Å². The second kappa shape index (κ2) is 6.20. The average Bonchev–Trinajstić information content (AvgIpc) is 2.57. The minimum Gasteiger partial charge on any atom is -0.367 e. The van der Waals surface area contributed by atoms with E-state index in [1.165, 1.54) is 30.7 Å². The summed E-state index contributed by atoms with van der Waals surface area (Å²) in [7, 11) is 0. The normalized spacial score (nSPS) is 18.1. The third kappa shape index (κ3) is 3.84. The Bertz CT molecular complexity index is 401. The van der Waals surface area contributed by atoms with Crippen molar-refractivity contribution in [1.82, 2.24) is 5.32 Å². The fourth-order valence-corrected chi connectivity index (χ4v) is 2.52. The number of nitrogens with zero attached hydrogens (tertiary/aromatic N) is 1. The van der Waals surface area contributed by atoms with Crippen molar-refractivity contribution in [2.75, 3.05) is 6.54 Å². The van der Waals surface area contributed by atoms with Crippen molar-refractivity contribution >= 4 is 21.8 Å². The van der Waals surface area contributed by atoms with Crippen LogP contribution in [0.4, 0.5) is 0 Å². The Morgan fingerprint density at radius 1 is 1.29 bits per heavy atom. The Kier molecular flexibility index (Phi) is 4.60. The van der Waals surface area contributed by atoms with Crippen LogP contribution in [-0.2, 0) is 0 Å². The molecular formula is C14H19BrN2. The first kappa shape index (κ1) is 12.6. The summed E-state index contributed by atoms with van der Waals surface area (Å²) in [6.45, 7) is 3.17. The van der Waals surface area contributed by atoms with Crippen LogP contribution < -0.4 is 5.32 Å². The van der Waals surface area contributed by atoms with Crippen molar-refractivity contribution in [1.29, 1.82) is 0 Å². The summed E-state index contributed by atoms with van der Waals surface area (Å²) in [6.07, 6.45) is 4.89. The van der Waals surface area contributed by atoms with Gasteiger partial charge in [0.25, 0.3) is 0 Å². The lowest BCUT2D eigenvalue weighted by Crippen LogP contribution is -2.26. The maximum atomic E-state index is 4.60. The highest BCUT2D eigenvalue weighted by Crippen LogP contribution is 2.18. The highest BCUT2D eigenvalue weighted by atomic mass is 79.9. The number of aliphatic imine (C=N–C) groups is 1. The van der Waals surface area contributed by atoms with Crippen LogP contribution in [0.25, 0.3) is 0 Å². The van der Waals surface area contributed by atoms with Gasteiger partial charge in [-0.15, -0.1) is 0 Å². The van der Waals surface area contributed by atoms with Crippen molar-refractivity contribution in [3.63, 3.8) is 0 Å². The quantitative estimate of drug-likeness (QED) is 0.873. The van der Waals surface area contributed by atoms with E-state index in [0.717, 1.165) is 17.4 Å². The van der Waals surface area contributed by atoms with Gasteiger partial charge in [-0.3, -0.25) is 4.99 Å². The first-order valence-corrected chi connectivity index (χ1v) is 7.10. The lowest BCUT2D eigenvalue weighted by molar-refractivity contribution is 0.693. The van der Waals surface area contributed by atoms with Gasteiger partial charge in [0, 0.05) is 23.5 Å². The molecule has 92 valence electrons. The molecule has 0 radical (unpaired) electrons. The molecule has 2 nitrogen and oxygen atoms in total. The van der Waals surface area contributed by atoms with Gasteiger partial charge < -0.3 is 5.32 Å². The summed E-state index contributed by atoms with van der Waals surface area (Å²) >= 11 is 3.51. The number of hydrogen-bond acceptors (Lipinski definition) is 2. The summed E-state index contributed by atoms with van der Waals surface area (Å²) in [6, 6.07) is 8.77. The van der Waals surface area contributed by atoms with E-state index in [2.05, 4.69) is 57.4 Å². The maximum Gasteiger partial charge on any atom is 0.0967 e. The average molecular weight is 295 g/mol. The van der Waals surface area contributed by atoms with Gasteiger partial charge >= 0.3 is 0 Å². The zero-order chi connectivity index (χ0) is 12.1. The van der Waals surface area contributed by atoms with E-state index in [1.807, 2.05) is 0 Å². The van der Waals surface area contributed by atoms with E-state index in [4.69, 9.17) is 0 Å². The molecule has 0 aromatic heterocycles. The third-order valence-corrected chi connectivity index (χ3v) is 3.60. The zero-order valence-electron chi connectivity index (χ0n) is 10.2. The number of nitrogens with one attached hydrogen (secondary N) is 1. The third-order valence-electron chi connectivity index (χ3n) is 3.11. The predicted molar refractivity (Wildman–Crippen MR) is 76.5 cm³/mol. The van der Waals surface area contributed by atoms with E-state index in [9.17, 15) is 0 Å². The van der Waals surface area contributed by atoms with Crippen molar-refractivity contribution in [3.8, 4) is 0 Å². The smallest absolute Gasteiger partial charge is 0.0967 e. The van der Waals surface area contributed by atoms with E-state index < -0.39 is 0 Å². The molecule has 1 aromatic carbocycles. The zero-order valence-corrected chi connectivity index (χ0v) is 11.8. The maximum absolute atomic E-state index is 4.60. The summed E-state index contributed by atoms with van der Waals surface area (Å²) < 4.78 is 1.13. The van der Waals surface area contributed by atoms with Crippen molar-refractivity contribution in [2.45, 2.75) is 38.6 Å². The first-order valence-electron chi connectivity index (χ1n) is 6.31. The fourth-order valence-electron chi connectivity index (χ4n) is 2.10. The lowest BCUT2D eigenvalue weighted by Gasteiger charge is -2.17. The van der Waals surface area contributed by atoms with E-state index >= 15 is 0 Å². The van der Waals surface area contributed by atoms with Gasteiger partial charge in [0.1, 0.15) is 0 Å². The van der Waals surface area contributed by atoms with Gasteiger partial charge in [-0.25, -0.2) is 0 Å². The molecule has 3 heteroatoms. The summed E-state index contributed by atoms with van der Waals surface area (Å²) in [5.41, 5.74) is 1.30. The van der Waals surface area contributed by atoms with Crippen LogP contribution in [0, 0.1) is 0 Å². The molecule has 1 atom stereocenters.